The van der Waals surface area contributed by atoms with Crippen LogP contribution in [0.1, 0.15) is 42.2 Å². The number of allylic oxidation sites excluding steroid dienone is 1. The van der Waals surface area contributed by atoms with Crippen LogP contribution in [0, 0.1) is 0 Å². The summed E-state index contributed by atoms with van der Waals surface area (Å²) < 4.78 is 11.9. The molecule has 7 heteroatoms. The van der Waals surface area contributed by atoms with Crippen LogP contribution in [-0.4, -0.2) is 29.8 Å². The fourth-order valence-electron chi connectivity index (χ4n) is 3.43. The number of hydrogen-bond acceptors (Lipinski definition) is 5. The number of halogens is 1. The summed E-state index contributed by atoms with van der Waals surface area (Å²) in [6.07, 6.45) is 1.55. The highest BCUT2D eigenvalue weighted by Gasteiger charge is 2.32. The number of methoxy groups -OCH3 is 1. The molecule has 0 aliphatic heterocycles. The highest BCUT2D eigenvalue weighted by Crippen LogP contribution is 2.38. The van der Waals surface area contributed by atoms with Gasteiger partial charge in [0.15, 0.2) is 23.1 Å². The third kappa shape index (κ3) is 4.07. The first-order chi connectivity index (χ1) is 15.4. The zero-order valence-corrected chi connectivity index (χ0v) is 18.5. The molecule has 0 aromatic heterocycles. The number of ketones is 2. The van der Waals surface area contributed by atoms with Crippen molar-refractivity contribution in [3.05, 3.63) is 98.5 Å². The van der Waals surface area contributed by atoms with Gasteiger partial charge in [-0.05, 0) is 57.4 Å². The Labute approximate surface area is 192 Å². The number of carbonyl (C=O) groups excluding carboxylic acids is 2. The fourth-order valence-corrected chi connectivity index (χ4v) is 4.01. The molecule has 0 saturated carbocycles. The maximum atomic E-state index is 12.6. The number of ether oxygens (including phenoxy) is 2. The standard InChI is InChI=1S/C25H17BrO6/c1-31-21-12-15(10-19-22(27)17-4-2-3-5-18(17)23(19)28)11-20(26)24(21)32-13-14-6-8-16(9-7-14)25(29)30/h2-12H,13H2,1H3,(H,29,30). The number of rotatable bonds is 6. The summed E-state index contributed by atoms with van der Waals surface area (Å²) >= 11 is 3.47. The van der Waals surface area contributed by atoms with Crippen molar-refractivity contribution in [2.24, 2.45) is 0 Å². The molecule has 32 heavy (non-hydrogen) atoms. The summed E-state index contributed by atoms with van der Waals surface area (Å²) in [4.78, 5) is 36.3. The third-order valence-electron chi connectivity index (χ3n) is 5.05. The lowest BCUT2D eigenvalue weighted by Crippen LogP contribution is -2.02. The van der Waals surface area contributed by atoms with Crippen molar-refractivity contribution in [3.8, 4) is 11.5 Å². The Balaban J connectivity index is 1.59. The Morgan fingerprint density at radius 1 is 1.00 bits per heavy atom. The molecule has 1 aliphatic carbocycles. The lowest BCUT2D eigenvalue weighted by molar-refractivity contribution is 0.0696. The van der Waals surface area contributed by atoms with E-state index in [1.54, 1.807) is 54.6 Å². The molecule has 0 fully saturated rings. The topological polar surface area (TPSA) is 89.9 Å². The van der Waals surface area contributed by atoms with Crippen molar-refractivity contribution in [2.45, 2.75) is 6.61 Å². The van der Waals surface area contributed by atoms with Crippen LogP contribution in [0.4, 0.5) is 0 Å². The second-order valence-electron chi connectivity index (χ2n) is 7.09. The molecular formula is C25H17BrO6. The largest absolute Gasteiger partial charge is 0.493 e. The number of fused-ring (bicyclic) bond motifs is 1. The Hall–Kier alpha value is -3.71. The van der Waals surface area contributed by atoms with Crippen LogP contribution < -0.4 is 9.47 Å². The first kappa shape index (κ1) is 21.5. The number of carboxylic acids is 1. The van der Waals surface area contributed by atoms with Gasteiger partial charge in [0.25, 0.3) is 0 Å². The lowest BCUT2D eigenvalue weighted by Gasteiger charge is -2.14. The molecule has 0 unspecified atom stereocenters. The SMILES string of the molecule is COc1cc(C=C2C(=O)c3ccccc3C2=O)cc(Br)c1OCc1ccc(C(=O)O)cc1. The van der Waals surface area contributed by atoms with E-state index in [0.29, 0.717) is 32.7 Å². The molecule has 0 radical (unpaired) electrons. The first-order valence-corrected chi connectivity index (χ1v) is 10.4. The van der Waals surface area contributed by atoms with Gasteiger partial charge in [0, 0.05) is 11.1 Å². The molecule has 0 saturated heterocycles. The zero-order valence-electron chi connectivity index (χ0n) is 16.9. The molecule has 4 rings (SSSR count). The van der Waals surface area contributed by atoms with Gasteiger partial charge in [-0.15, -0.1) is 0 Å². The van der Waals surface area contributed by atoms with Crippen molar-refractivity contribution in [1.82, 2.24) is 0 Å². The van der Waals surface area contributed by atoms with E-state index in [1.165, 1.54) is 19.2 Å². The van der Waals surface area contributed by atoms with Gasteiger partial charge in [0.05, 0.1) is 22.7 Å². The summed E-state index contributed by atoms with van der Waals surface area (Å²) in [5.41, 5.74) is 2.51. The average Bonchev–Trinajstić information content (AvgIpc) is 3.03. The van der Waals surface area contributed by atoms with Crippen molar-refractivity contribution in [3.63, 3.8) is 0 Å². The molecule has 3 aromatic carbocycles. The second-order valence-corrected chi connectivity index (χ2v) is 7.94. The molecule has 6 nitrogen and oxygen atoms in total. The molecule has 0 heterocycles. The zero-order chi connectivity index (χ0) is 22.8. The summed E-state index contributed by atoms with van der Waals surface area (Å²) in [6, 6.07) is 16.6. The molecule has 0 atom stereocenters. The molecule has 160 valence electrons. The molecule has 3 aromatic rings. The van der Waals surface area contributed by atoms with Crippen LogP contribution in [0.25, 0.3) is 6.08 Å². The number of benzene rings is 3. The van der Waals surface area contributed by atoms with Crippen LogP contribution in [0.2, 0.25) is 0 Å². The second kappa shape index (κ2) is 8.80. The number of Topliss-reactive ketones (excluding diaryl/α,β-unsaturated/α-hetero) is 2. The van der Waals surface area contributed by atoms with E-state index in [2.05, 4.69) is 15.9 Å². The Morgan fingerprint density at radius 2 is 1.62 bits per heavy atom. The Kier molecular flexibility index (Phi) is 5.92. The van der Waals surface area contributed by atoms with Gasteiger partial charge >= 0.3 is 5.97 Å². The number of carboxylic acid groups (broad SMARTS) is 1. The van der Waals surface area contributed by atoms with Crippen LogP contribution in [0.15, 0.2) is 70.7 Å². The van der Waals surface area contributed by atoms with E-state index in [1.807, 2.05) is 0 Å². The summed E-state index contributed by atoms with van der Waals surface area (Å²) in [5, 5.41) is 9.00. The van der Waals surface area contributed by atoms with Crippen LogP contribution in [-0.2, 0) is 6.61 Å². The van der Waals surface area contributed by atoms with Gasteiger partial charge in [0.2, 0.25) is 0 Å². The smallest absolute Gasteiger partial charge is 0.335 e. The monoisotopic (exact) mass is 492 g/mol. The van der Waals surface area contributed by atoms with Crippen LogP contribution >= 0.6 is 15.9 Å². The highest BCUT2D eigenvalue weighted by atomic mass is 79.9. The highest BCUT2D eigenvalue weighted by molar-refractivity contribution is 9.10. The van der Waals surface area contributed by atoms with Gasteiger partial charge in [-0.3, -0.25) is 9.59 Å². The van der Waals surface area contributed by atoms with Crippen molar-refractivity contribution in [2.75, 3.05) is 7.11 Å². The predicted molar refractivity (Wildman–Crippen MR) is 122 cm³/mol. The van der Waals surface area contributed by atoms with E-state index in [0.717, 1.165) is 5.56 Å². The third-order valence-corrected chi connectivity index (χ3v) is 5.64. The van der Waals surface area contributed by atoms with E-state index in [-0.39, 0.29) is 29.3 Å². The van der Waals surface area contributed by atoms with Gasteiger partial charge in [-0.2, -0.15) is 0 Å². The van der Waals surface area contributed by atoms with Gasteiger partial charge in [0.1, 0.15) is 6.61 Å². The minimum absolute atomic E-state index is 0.104. The molecule has 0 amide bonds. The van der Waals surface area contributed by atoms with Crippen molar-refractivity contribution < 1.29 is 29.0 Å². The summed E-state index contributed by atoms with van der Waals surface area (Å²) in [5.74, 6) is -0.723. The average molecular weight is 493 g/mol. The van der Waals surface area contributed by atoms with E-state index >= 15 is 0 Å². The molecule has 1 aliphatic rings. The number of aromatic carboxylic acids is 1. The maximum Gasteiger partial charge on any atom is 0.335 e. The number of carbonyl (C=O) groups is 3. The van der Waals surface area contributed by atoms with Crippen LogP contribution in [0.5, 0.6) is 11.5 Å². The van der Waals surface area contributed by atoms with E-state index < -0.39 is 5.97 Å². The molecule has 1 N–H and O–H groups in total. The van der Waals surface area contributed by atoms with Gasteiger partial charge in [-0.25, -0.2) is 4.79 Å². The molecule has 0 bridgehead atoms. The Bertz CT molecular complexity index is 1240. The predicted octanol–water partition coefficient (Wildman–Crippen LogP) is 5.20. The van der Waals surface area contributed by atoms with Gasteiger partial charge < -0.3 is 14.6 Å². The quantitative estimate of drug-likeness (QED) is 0.375. The minimum Gasteiger partial charge on any atom is -0.493 e. The first-order valence-electron chi connectivity index (χ1n) is 9.61. The minimum atomic E-state index is -0.992. The maximum absolute atomic E-state index is 12.6. The van der Waals surface area contributed by atoms with Gasteiger partial charge in [-0.1, -0.05) is 36.4 Å². The number of hydrogen-bond donors (Lipinski definition) is 1. The van der Waals surface area contributed by atoms with Crippen LogP contribution in [0.3, 0.4) is 0 Å². The molecular weight excluding hydrogens is 476 g/mol. The van der Waals surface area contributed by atoms with E-state index in [9.17, 15) is 14.4 Å². The Morgan fingerprint density at radius 3 is 2.19 bits per heavy atom. The summed E-state index contributed by atoms with van der Waals surface area (Å²) in [7, 11) is 1.49. The fraction of sp³-hybridized carbons (Fsp3) is 0.0800. The summed E-state index contributed by atoms with van der Waals surface area (Å²) in [6.45, 7) is 0.196. The lowest BCUT2D eigenvalue weighted by atomic mass is 10.1. The normalized spacial score (nSPS) is 12.5. The molecule has 0 spiro atoms. The van der Waals surface area contributed by atoms with Crippen molar-refractivity contribution in [1.29, 1.82) is 0 Å². The van der Waals surface area contributed by atoms with Crippen molar-refractivity contribution >= 4 is 39.5 Å². The van der Waals surface area contributed by atoms with E-state index in [4.69, 9.17) is 14.6 Å².